The third kappa shape index (κ3) is 3.98. The first-order valence-corrected chi connectivity index (χ1v) is 8.19. The van der Waals surface area contributed by atoms with E-state index in [0.29, 0.717) is 24.7 Å². The van der Waals surface area contributed by atoms with E-state index >= 15 is 0 Å². The van der Waals surface area contributed by atoms with Gasteiger partial charge in [0.15, 0.2) is 0 Å². The number of amides is 1. The van der Waals surface area contributed by atoms with Crippen LogP contribution in [0.3, 0.4) is 0 Å². The molecule has 1 amide bonds. The number of carbonyl (C=O) groups excluding carboxylic acids is 1. The molecule has 1 saturated heterocycles. The number of aliphatic carboxylic acids is 1. The molecule has 0 radical (unpaired) electrons. The number of carboxylic acid groups (broad SMARTS) is 1. The van der Waals surface area contributed by atoms with Gasteiger partial charge in [0.1, 0.15) is 0 Å². The number of alkyl halides is 3. The summed E-state index contributed by atoms with van der Waals surface area (Å²) >= 11 is 0. The fraction of sp³-hybridized carbons (Fsp3) is 0.875. The minimum Gasteiger partial charge on any atom is -0.481 e. The van der Waals surface area contributed by atoms with Crippen molar-refractivity contribution in [2.24, 2.45) is 29.6 Å². The Morgan fingerprint density at radius 2 is 1.65 bits per heavy atom. The van der Waals surface area contributed by atoms with Crippen LogP contribution in [0.5, 0.6) is 0 Å². The van der Waals surface area contributed by atoms with E-state index in [9.17, 15) is 22.8 Å². The van der Waals surface area contributed by atoms with Gasteiger partial charge in [-0.25, -0.2) is 0 Å². The van der Waals surface area contributed by atoms with Crippen molar-refractivity contribution < 1.29 is 27.9 Å². The summed E-state index contributed by atoms with van der Waals surface area (Å²) in [6.45, 7) is 3.42. The lowest BCUT2D eigenvalue weighted by molar-refractivity contribution is -0.188. The van der Waals surface area contributed by atoms with Gasteiger partial charge in [-0.3, -0.25) is 9.59 Å². The Hall–Kier alpha value is -1.27. The molecular weight excluding hydrogens is 311 g/mol. The van der Waals surface area contributed by atoms with Gasteiger partial charge in [-0.1, -0.05) is 13.8 Å². The number of carbonyl (C=O) groups is 2. The quantitative estimate of drug-likeness (QED) is 0.862. The second kappa shape index (κ2) is 6.69. The minimum atomic E-state index is -4.59. The molecule has 7 heteroatoms. The van der Waals surface area contributed by atoms with E-state index in [-0.39, 0.29) is 18.4 Å². The van der Waals surface area contributed by atoms with Crippen LogP contribution in [0.4, 0.5) is 13.2 Å². The summed E-state index contributed by atoms with van der Waals surface area (Å²) in [5, 5.41) is 9.01. The standard InChI is InChI=1S/C16H24F3NO3/c1-9(2)10-3-5-11(6-4-10)14(21)20-7-12(15(22)23)13(8-20)16(17,18)19/h9-13H,3-8H2,1-2H3,(H,22,23)/t10?,11?,12-,13-/m1/s1. The molecule has 1 N–H and O–H groups in total. The predicted octanol–water partition coefficient (Wildman–Crippen LogP) is 3.17. The van der Waals surface area contributed by atoms with Crippen LogP contribution >= 0.6 is 0 Å². The first-order valence-electron chi connectivity index (χ1n) is 8.19. The minimum absolute atomic E-state index is 0.258. The zero-order chi connectivity index (χ0) is 17.4. The SMILES string of the molecule is CC(C)C1CCC(C(=O)N2C[C@@H](C(F)(F)F)[C@H](C(=O)O)C2)CC1. The molecule has 132 valence electrons. The molecule has 1 heterocycles. The highest BCUT2D eigenvalue weighted by Gasteiger charge is 2.54. The number of hydrogen-bond acceptors (Lipinski definition) is 2. The molecule has 0 unspecified atom stereocenters. The molecule has 1 aliphatic carbocycles. The number of nitrogens with zero attached hydrogens (tertiary/aromatic N) is 1. The molecule has 4 nitrogen and oxygen atoms in total. The Balaban J connectivity index is 2.00. The summed E-state index contributed by atoms with van der Waals surface area (Å²) in [5.41, 5.74) is 0. The van der Waals surface area contributed by atoms with Crippen LogP contribution in [0.2, 0.25) is 0 Å². The van der Waals surface area contributed by atoms with E-state index in [0.717, 1.165) is 17.7 Å². The van der Waals surface area contributed by atoms with Crippen LogP contribution < -0.4 is 0 Å². The van der Waals surface area contributed by atoms with Crippen LogP contribution in [0.25, 0.3) is 0 Å². The molecule has 0 aromatic heterocycles. The van der Waals surface area contributed by atoms with Crippen LogP contribution in [0.1, 0.15) is 39.5 Å². The predicted molar refractivity (Wildman–Crippen MR) is 77.5 cm³/mol. The average molecular weight is 335 g/mol. The van der Waals surface area contributed by atoms with Gasteiger partial charge in [-0.05, 0) is 37.5 Å². The molecule has 0 bridgehead atoms. The van der Waals surface area contributed by atoms with Crippen LogP contribution in [-0.2, 0) is 9.59 Å². The van der Waals surface area contributed by atoms with Crippen molar-refractivity contribution in [2.45, 2.75) is 45.7 Å². The Morgan fingerprint density at radius 3 is 2.04 bits per heavy atom. The van der Waals surface area contributed by atoms with Gasteiger partial charge in [0.05, 0.1) is 11.8 Å². The first-order chi connectivity index (χ1) is 10.6. The van der Waals surface area contributed by atoms with Gasteiger partial charge in [-0.2, -0.15) is 13.2 Å². The maximum absolute atomic E-state index is 13.0. The van der Waals surface area contributed by atoms with Crippen molar-refractivity contribution >= 4 is 11.9 Å². The largest absolute Gasteiger partial charge is 0.481 e. The van der Waals surface area contributed by atoms with Crippen LogP contribution in [-0.4, -0.2) is 41.1 Å². The summed E-state index contributed by atoms with van der Waals surface area (Å²) in [6.07, 6.45) is -1.40. The Labute approximate surface area is 134 Å². The van der Waals surface area contributed by atoms with E-state index in [4.69, 9.17) is 5.11 Å². The lowest BCUT2D eigenvalue weighted by Gasteiger charge is -2.32. The van der Waals surface area contributed by atoms with Gasteiger partial charge in [0.2, 0.25) is 5.91 Å². The molecule has 0 aromatic rings. The van der Waals surface area contributed by atoms with Crippen molar-refractivity contribution in [2.75, 3.05) is 13.1 Å². The molecular formula is C16H24F3NO3. The average Bonchev–Trinajstić information content (AvgIpc) is 2.92. The third-order valence-electron chi connectivity index (χ3n) is 5.43. The first kappa shape index (κ1) is 18.1. The molecule has 0 spiro atoms. The summed E-state index contributed by atoms with van der Waals surface area (Å²) in [7, 11) is 0. The summed E-state index contributed by atoms with van der Waals surface area (Å²) < 4.78 is 39.0. The van der Waals surface area contributed by atoms with Gasteiger partial charge < -0.3 is 10.0 Å². The fourth-order valence-corrected chi connectivity index (χ4v) is 3.86. The summed E-state index contributed by atoms with van der Waals surface area (Å²) in [5.74, 6) is -4.44. The Bertz CT molecular complexity index is 456. The number of carboxylic acids is 1. The second-order valence-corrected chi connectivity index (χ2v) is 7.19. The molecule has 2 aliphatic rings. The van der Waals surface area contributed by atoms with Gasteiger partial charge in [-0.15, -0.1) is 0 Å². The Morgan fingerprint density at radius 1 is 1.09 bits per heavy atom. The van der Waals surface area contributed by atoms with Gasteiger partial charge >= 0.3 is 12.1 Å². The van der Waals surface area contributed by atoms with Gasteiger partial charge in [0, 0.05) is 19.0 Å². The van der Waals surface area contributed by atoms with E-state index in [1.54, 1.807) is 0 Å². The number of rotatable bonds is 3. The highest BCUT2D eigenvalue weighted by Crippen LogP contribution is 2.40. The van der Waals surface area contributed by atoms with Crippen molar-refractivity contribution in [3.63, 3.8) is 0 Å². The third-order valence-corrected chi connectivity index (χ3v) is 5.43. The van der Waals surface area contributed by atoms with Crippen molar-refractivity contribution in [3.8, 4) is 0 Å². The molecule has 2 atom stereocenters. The molecule has 1 aliphatic heterocycles. The van der Waals surface area contributed by atoms with Crippen LogP contribution in [0, 0.1) is 29.6 Å². The Kier molecular flexibility index (Phi) is 5.26. The fourth-order valence-electron chi connectivity index (χ4n) is 3.86. The van der Waals surface area contributed by atoms with E-state index < -0.39 is 30.5 Å². The molecule has 2 rings (SSSR count). The van der Waals surface area contributed by atoms with E-state index in [1.165, 1.54) is 0 Å². The highest BCUT2D eigenvalue weighted by molar-refractivity contribution is 5.81. The lowest BCUT2D eigenvalue weighted by Crippen LogP contribution is -2.37. The summed E-state index contributed by atoms with van der Waals surface area (Å²) in [4.78, 5) is 24.7. The van der Waals surface area contributed by atoms with E-state index in [1.807, 2.05) is 0 Å². The lowest BCUT2D eigenvalue weighted by atomic mass is 9.76. The number of halogens is 3. The van der Waals surface area contributed by atoms with Crippen LogP contribution in [0.15, 0.2) is 0 Å². The monoisotopic (exact) mass is 335 g/mol. The number of likely N-dealkylation sites (tertiary alicyclic amines) is 1. The second-order valence-electron chi connectivity index (χ2n) is 7.19. The molecule has 1 saturated carbocycles. The molecule has 2 fully saturated rings. The van der Waals surface area contributed by atoms with Gasteiger partial charge in [0.25, 0.3) is 0 Å². The normalized spacial score (nSPS) is 32.3. The zero-order valence-electron chi connectivity index (χ0n) is 13.5. The number of hydrogen-bond donors (Lipinski definition) is 1. The van der Waals surface area contributed by atoms with Crippen molar-refractivity contribution in [1.82, 2.24) is 4.90 Å². The zero-order valence-corrected chi connectivity index (χ0v) is 13.5. The maximum atomic E-state index is 13.0. The van der Waals surface area contributed by atoms with E-state index in [2.05, 4.69) is 13.8 Å². The smallest absolute Gasteiger partial charge is 0.394 e. The molecule has 0 aromatic carbocycles. The summed E-state index contributed by atoms with van der Waals surface area (Å²) in [6, 6.07) is 0. The van der Waals surface area contributed by atoms with Crippen molar-refractivity contribution in [1.29, 1.82) is 0 Å². The highest BCUT2D eigenvalue weighted by atomic mass is 19.4. The topological polar surface area (TPSA) is 57.6 Å². The maximum Gasteiger partial charge on any atom is 0.394 e. The molecule has 23 heavy (non-hydrogen) atoms. The van der Waals surface area contributed by atoms with Crippen molar-refractivity contribution in [3.05, 3.63) is 0 Å².